The molecule has 9 heteroatoms. The summed E-state index contributed by atoms with van der Waals surface area (Å²) in [6.45, 7) is 3.72. The fourth-order valence-electron chi connectivity index (χ4n) is 3.30. The van der Waals surface area contributed by atoms with Gasteiger partial charge >= 0.3 is 5.69 Å². The Balaban J connectivity index is 1.47. The lowest BCUT2D eigenvalue weighted by atomic mass is 10.1. The Hall–Kier alpha value is -4.27. The first-order chi connectivity index (χ1) is 15.8. The van der Waals surface area contributed by atoms with Crippen molar-refractivity contribution in [3.05, 3.63) is 99.3 Å². The number of hydrogen-bond donors (Lipinski definition) is 2. The van der Waals surface area contributed by atoms with Crippen LogP contribution in [0.15, 0.2) is 65.6 Å². The van der Waals surface area contributed by atoms with Crippen LogP contribution in [0.5, 0.6) is 0 Å². The number of aryl methyl sites for hydroxylation is 2. The van der Waals surface area contributed by atoms with Crippen LogP contribution in [0, 0.1) is 19.7 Å². The maximum Gasteiger partial charge on any atom is 0.350 e. The minimum Gasteiger partial charge on any atom is -0.348 e. The van der Waals surface area contributed by atoms with Crippen LogP contribution in [0.4, 0.5) is 10.1 Å². The molecule has 2 N–H and O–H groups in total. The first-order valence-electron chi connectivity index (χ1n) is 10.3. The van der Waals surface area contributed by atoms with Gasteiger partial charge in [-0.1, -0.05) is 35.9 Å². The number of pyridine rings is 1. The van der Waals surface area contributed by atoms with Crippen molar-refractivity contribution < 1.29 is 14.0 Å². The molecule has 2 amide bonds. The summed E-state index contributed by atoms with van der Waals surface area (Å²) in [6.07, 6.45) is 1.39. The van der Waals surface area contributed by atoms with Gasteiger partial charge in [-0.15, -0.1) is 5.10 Å². The number of carbonyl (C=O) groups excluding carboxylic acids is 2. The van der Waals surface area contributed by atoms with Gasteiger partial charge in [-0.3, -0.25) is 9.59 Å². The molecule has 0 spiro atoms. The van der Waals surface area contributed by atoms with Gasteiger partial charge in [0, 0.05) is 18.4 Å². The van der Waals surface area contributed by atoms with E-state index < -0.39 is 17.4 Å². The molecule has 0 unspecified atom stereocenters. The summed E-state index contributed by atoms with van der Waals surface area (Å²) in [4.78, 5) is 37.6. The lowest BCUT2D eigenvalue weighted by Gasteiger charge is -2.08. The highest BCUT2D eigenvalue weighted by molar-refractivity contribution is 5.94. The lowest BCUT2D eigenvalue weighted by molar-refractivity contribution is -0.117. The minimum atomic E-state index is -0.565. The molecular formula is C24H22FN5O3. The lowest BCUT2D eigenvalue weighted by Crippen LogP contribution is -2.29. The first kappa shape index (κ1) is 21.9. The van der Waals surface area contributed by atoms with Crippen LogP contribution >= 0.6 is 0 Å². The summed E-state index contributed by atoms with van der Waals surface area (Å²) < 4.78 is 15.6. The normalized spacial score (nSPS) is 10.9. The smallest absolute Gasteiger partial charge is 0.348 e. The summed E-state index contributed by atoms with van der Waals surface area (Å²) >= 11 is 0. The van der Waals surface area contributed by atoms with Gasteiger partial charge in [0.15, 0.2) is 5.65 Å². The number of hydrogen-bond acceptors (Lipinski definition) is 4. The minimum absolute atomic E-state index is 0.288. The third-order valence-electron chi connectivity index (χ3n) is 5.18. The van der Waals surface area contributed by atoms with E-state index in [1.54, 1.807) is 19.1 Å². The maximum atomic E-state index is 13.4. The van der Waals surface area contributed by atoms with E-state index in [1.807, 2.05) is 31.2 Å². The number of aromatic nitrogens is 3. The third kappa shape index (κ3) is 4.98. The molecule has 0 bridgehead atoms. The van der Waals surface area contributed by atoms with Gasteiger partial charge in [-0.25, -0.2) is 18.3 Å². The molecule has 0 fully saturated rings. The molecule has 2 heterocycles. The summed E-state index contributed by atoms with van der Waals surface area (Å²) in [6, 6.07) is 15.0. The molecule has 4 rings (SSSR count). The second kappa shape index (κ2) is 9.07. The predicted molar refractivity (Wildman–Crippen MR) is 122 cm³/mol. The van der Waals surface area contributed by atoms with Crippen LogP contribution in [0.25, 0.3) is 5.65 Å². The summed E-state index contributed by atoms with van der Waals surface area (Å²) in [7, 11) is 0. The molecular weight excluding hydrogens is 425 g/mol. The molecule has 2 aromatic heterocycles. The monoisotopic (exact) mass is 447 g/mol. The van der Waals surface area contributed by atoms with Crippen LogP contribution in [0.2, 0.25) is 0 Å². The Morgan fingerprint density at radius 2 is 1.79 bits per heavy atom. The third-order valence-corrected chi connectivity index (χ3v) is 5.18. The fourth-order valence-corrected chi connectivity index (χ4v) is 3.30. The molecule has 0 aliphatic heterocycles. The molecule has 0 aliphatic carbocycles. The Labute approximate surface area is 188 Å². The number of halogens is 1. The molecule has 0 saturated carbocycles. The average Bonchev–Trinajstić information content (AvgIpc) is 3.10. The van der Waals surface area contributed by atoms with Crippen molar-refractivity contribution in [1.82, 2.24) is 19.5 Å². The number of rotatable bonds is 6. The molecule has 0 atom stereocenters. The number of amides is 2. The number of anilines is 1. The largest absolute Gasteiger partial charge is 0.350 e. The van der Waals surface area contributed by atoms with Crippen molar-refractivity contribution in [2.45, 2.75) is 26.9 Å². The van der Waals surface area contributed by atoms with Crippen LogP contribution in [0.1, 0.15) is 27.0 Å². The summed E-state index contributed by atoms with van der Waals surface area (Å²) in [5.41, 5.74) is 3.12. The van der Waals surface area contributed by atoms with Crippen molar-refractivity contribution in [3.8, 4) is 0 Å². The maximum absolute atomic E-state index is 13.4. The molecule has 2 aromatic carbocycles. The zero-order chi connectivity index (χ0) is 23.5. The van der Waals surface area contributed by atoms with E-state index in [0.29, 0.717) is 23.4 Å². The van der Waals surface area contributed by atoms with E-state index in [1.165, 1.54) is 28.8 Å². The Morgan fingerprint density at radius 1 is 1.03 bits per heavy atom. The van der Waals surface area contributed by atoms with E-state index in [2.05, 4.69) is 15.7 Å². The number of nitrogens with zero attached hydrogens (tertiary/aromatic N) is 3. The number of carbonyl (C=O) groups is 2. The summed E-state index contributed by atoms with van der Waals surface area (Å²) in [5.74, 6) is -1.34. The zero-order valence-electron chi connectivity index (χ0n) is 18.1. The van der Waals surface area contributed by atoms with Crippen LogP contribution in [-0.2, 0) is 17.9 Å². The number of fused-ring (bicyclic) bond motifs is 1. The topological polar surface area (TPSA) is 97.5 Å². The van der Waals surface area contributed by atoms with Crippen LogP contribution in [0.3, 0.4) is 0 Å². The molecule has 0 aliphatic rings. The molecule has 0 radical (unpaired) electrons. The second-order valence-corrected chi connectivity index (χ2v) is 7.76. The molecule has 33 heavy (non-hydrogen) atoms. The zero-order valence-corrected chi connectivity index (χ0v) is 18.1. The van der Waals surface area contributed by atoms with Gasteiger partial charge in [0.2, 0.25) is 5.91 Å². The van der Waals surface area contributed by atoms with Crippen molar-refractivity contribution in [2.24, 2.45) is 0 Å². The second-order valence-electron chi connectivity index (χ2n) is 7.76. The fraction of sp³-hybridized carbons (Fsp3) is 0.167. The predicted octanol–water partition coefficient (Wildman–Crippen LogP) is 2.82. The molecule has 8 nitrogen and oxygen atoms in total. The van der Waals surface area contributed by atoms with Gasteiger partial charge in [-0.2, -0.15) is 0 Å². The van der Waals surface area contributed by atoms with Crippen molar-refractivity contribution >= 4 is 23.1 Å². The van der Waals surface area contributed by atoms with E-state index in [9.17, 15) is 18.8 Å². The van der Waals surface area contributed by atoms with Gasteiger partial charge in [0.1, 0.15) is 12.4 Å². The van der Waals surface area contributed by atoms with Gasteiger partial charge in [0.05, 0.1) is 5.56 Å². The Kier molecular flexibility index (Phi) is 6.03. The quantitative estimate of drug-likeness (QED) is 0.475. The highest BCUT2D eigenvalue weighted by atomic mass is 19.1. The van der Waals surface area contributed by atoms with E-state index in [4.69, 9.17) is 0 Å². The highest BCUT2D eigenvalue weighted by Gasteiger charge is 2.14. The summed E-state index contributed by atoms with van der Waals surface area (Å²) in [5, 5.41) is 9.54. The van der Waals surface area contributed by atoms with Crippen molar-refractivity contribution in [2.75, 3.05) is 5.32 Å². The van der Waals surface area contributed by atoms with E-state index >= 15 is 0 Å². The van der Waals surface area contributed by atoms with Crippen molar-refractivity contribution in [3.63, 3.8) is 0 Å². The molecule has 168 valence electrons. The molecule has 4 aromatic rings. The SMILES string of the molecule is Cc1ccc(CNC(=O)c2ccc3nn(CC(=O)Nc4cc(F)ccc4C)c(=O)n3c2)cc1. The standard InChI is InChI=1S/C24H22FN5O3/c1-15-3-6-17(7-4-15)12-26-23(32)18-8-10-21-28-30(24(33)29(21)13-18)14-22(31)27-20-11-19(25)9-5-16(20)2/h3-11,13H,12,14H2,1-2H3,(H,26,32)(H,27,31). The van der Waals surface area contributed by atoms with Crippen molar-refractivity contribution in [1.29, 1.82) is 0 Å². The van der Waals surface area contributed by atoms with Gasteiger partial charge in [-0.05, 0) is 49.2 Å². The Bertz CT molecular complexity index is 1410. The van der Waals surface area contributed by atoms with E-state index in [-0.39, 0.29) is 18.0 Å². The number of nitrogens with one attached hydrogen (secondary N) is 2. The first-order valence-corrected chi connectivity index (χ1v) is 10.3. The van der Waals surface area contributed by atoms with Gasteiger partial charge < -0.3 is 10.6 Å². The van der Waals surface area contributed by atoms with E-state index in [0.717, 1.165) is 15.8 Å². The highest BCUT2D eigenvalue weighted by Crippen LogP contribution is 2.16. The van der Waals surface area contributed by atoms with Crippen LogP contribution < -0.4 is 16.3 Å². The average molecular weight is 447 g/mol. The number of benzene rings is 2. The van der Waals surface area contributed by atoms with Crippen LogP contribution in [-0.4, -0.2) is 26.0 Å². The van der Waals surface area contributed by atoms with Gasteiger partial charge in [0.25, 0.3) is 5.91 Å². The Morgan fingerprint density at radius 3 is 2.55 bits per heavy atom. The molecule has 0 saturated heterocycles.